The molecule has 126 valence electrons. The number of benzene rings is 2. The highest BCUT2D eigenvalue weighted by atomic mass is 35.5. The van der Waals surface area contributed by atoms with Crippen molar-refractivity contribution in [2.45, 2.75) is 13.8 Å². The third-order valence-corrected chi connectivity index (χ3v) is 4.22. The van der Waals surface area contributed by atoms with E-state index in [1.54, 1.807) is 24.3 Å². The largest absolute Gasteiger partial charge is 0.324 e. The molecule has 0 saturated carbocycles. The quantitative estimate of drug-likeness (QED) is 0.711. The molecule has 5 nitrogen and oxygen atoms in total. The Morgan fingerprint density at radius 1 is 0.960 bits per heavy atom. The zero-order chi connectivity index (χ0) is 17.8. The molecule has 0 fully saturated rings. The maximum atomic E-state index is 12.3. The van der Waals surface area contributed by atoms with Crippen LogP contribution in [-0.2, 0) is 0 Å². The third-order valence-electron chi connectivity index (χ3n) is 3.89. The molecule has 25 heavy (non-hydrogen) atoms. The number of amides is 1. The van der Waals surface area contributed by atoms with Crippen LogP contribution in [-0.4, -0.2) is 15.9 Å². The molecular weight excluding hydrogens is 336 g/mol. The number of rotatable bonds is 4. The highest BCUT2D eigenvalue weighted by Crippen LogP contribution is 2.22. The van der Waals surface area contributed by atoms with Crippen molar-refractivity contribution >= 4 is 34.8 Å². The number of halogens is 1. The first-order valence-electron chi connectivity index (χ1n) is 7.76. The minimum absolute atomic E-state index is 0.314. The van der Waals surface area contributed by atoms with Gasteiger partial charge < -0.3 is 10.6 Å². The molecule has 0 aliphatic carbocycles. The van der Waals surface area contributed by atoms with E-state index in [9.17, 15) is 4.79 Å². The molecule has 1 amide bonds. The number of nitrogens with zero attached hydrogens (tertiary/aromatic N) is 2. The topological polar surface area (TPSA) is 66.9 Å². The summed E-state index contributed by atoms with van der Waals surface area (Å²) in [6.45, 7) is 4.08. The van der Waals surface area contributed by atoms with Crippen LogP contribution < -0.4 is 10.6 Å². The van der Waals surface area contributed by atoms with Gasteiger partial charge in [0.2, 0.25) is 5.95 Å². The number of aromatic nitrogens is 2. The summed E-state index contributed by atoms with van der Waals surface area (Å²) >= 11 is 6.04. The summed E-state index contributed by atoms with van der Waals surface area (Å²) in [5, 5.41) is 6.38. The SMILES string of the molecule is Cc1cccc(Nc2ncc(C(=O)Nc3ccccc3Cl)cn2)c1C. The Hall–Kier alpha value is -2.92. The van der Waals surface area contributed by atoms with Crippen molar-refractivity contribution in [3.05, 3.63) is 76.6 Å². The normalized spacial score (nSPS) is 10.4. The minimum atomic E-state index is -0.314. The number of para-hydroxylation sites is 1. The summed E-state index contributed by atoms with van der Waals surface area (Å²) in [5.41, 5.74) is 4.15. The van der Waals surface area contributed by atoms with Gasteiger partial charge in [-0.05, 0) is 43.2 Å². The van der Waals surface area contributed by atoms with Gasteiger partial charge in [-0.25, -0.2) is 9.97 Å². The van der Waals surface area contributed by atoms with Crippen molar-refractivity contribution in [3.8, 4) is 0 Å². The second kappa shape index (κ2) is 7.32. The summed E-state index contributed by atoms with van der Waals surface area (Å²) in [5.74, 6) is 0.120. The van der Waals surface area contributed by atoms with Crippen molar-refractivity contribution in [3.63, 3.8) is 0 Å². The van der Waals surface area contributed by atoms with Crippen molar-refractivity contribution in [1.29, 1.82) is 0 Å². The van der Waals surface area contributed by atoms with Crippen LogP contribution >= 0.6 is 11.6 Å². The Balaban J connectivity index is 1.73. The predicted octanol–water partition coefficient (Wildman–Crippen LogP) is 4.74. The van der Waals surface area contributed by atoms with E-state index in [0.29, 0.717) is 22.2 Å². The lowest BCUT2D eigenvalue weighted by molar-refractivity contribution is 0.102. The standard InChI is InChI=1S/C19H17ClN4O/c1-12-6-5-9-16(13(12)2)24-19-21-10-14(11-22-19)18(25)23-17-8-4-3-7-15(17)20/h3-11H,1-2H3,(H,23,25)(H,21,22,24). The van der Waals surface area contributed by atoms with Crippen molar-refractivity contribution in [2.75, 3.05) is 10.6 Å². The number of aryl methyl sites for hydroxylation is 1. The fourth-order valence-corrected chi connectivity index (χ4v) is 2.46. The van der Waals surface area contributed by atoms with E-state index in [2.05, 4.69) is 20.6 Å². The van der Waals surface area contributed by atoms with E-state index in [1.807, 2.05) is 32.0 Å². The Labute approximate surface area is 151 Å². The molecule has 1 aromatic heterocycles. The molecule has 2 N–H and O–H groups in total. The van der Waals surface area contributed by atoms with Gasteiger partial charge >= 0.3 is 0 Å². The fraction of sp³-hybridized carbons (Fsp3) is 0.105. The van der Waals surface area contributed by atoms with E-state index in [1.165, 1.54) is 18.0 Å². The smallest absolute Gasteiger partial charge is 0.258 e. The van der Waals surface area contributed by atoms with Gasteiger partial charge in [-0.1, -0.05) is 35.9 Å². The fourth-order valence-electron chi connectivity index (χ4n) is 2.27. The molecule has 1 heterocycles. The van der Waals surface area contributed by atoms with Crippen LogP contribution in [0.15, 0.2) is 54.9 Å². The molecule has 6 heteroatoms. The van der Waals surface area contributed by atoms with Gasteiger partial charge in [-0.15, -0.1) is 0 Å². The van der Waals surface area contributed by atoms with Gasteiger partial charge in [-0.2, -0.15) is 0 Å². The Morgan fingerprint density at radius 3 is 2.36 bits per heavy atom. The van der Waals surface area contributed by atoms with Crippen LogP contribution in [0, 0.1) is 13.8 Å². The van der Waals surface area contributed by atoms with Gasteiger partial charge in [-0.3, -0.25) is 4.79 Å². The van der Waals surface area contributed by atoms with E-state index < -0.39 is 0 Å². The second-order valence-corrected chi connectivity index (χ2v) is 6.01. The molecule has 0 saturated heterocycles. The van der Waals surface area contributed by atoms with E-state index in [-0.39, 0.29) is 5.91 Å². The molecule has 0 radical (unpaired) electrons. The maximum Gasteiger partial charge on any atom is 0.258 e. The number of hydrogen-bond acceptors (Lipinski definition) is 4. The lowest BCUT2D eigenvalue weighted by Crippen LogP contribution is -2.13. The van der Waals surface area contributed by atoms with Crippen molar-refractivity contribution in [1.82, 2.24) is 9.97 Å². The first kappa shape index (κ1) is 16.9. The van der Waals surface area contributed by atoms with Crippen LogP contribution in [0.3, 0.4) is 0 Å². The van der Waals surface area contributed by atoms with Gasteiger partial charge in [0.05, 0.1) is 16.3 Å². The molecule has 0 unspecified atom stereocenters. The number of hydrogen-bond donors (Lipinski definition) is 2. The van der Waals surface area contributed by atoms with Crippen LogP contribution in [0.25, 0.3) is 0 Å². The molecule has 0 atom stereocenters. The predicted molar refractivity (Wildman–Crippen MR) is 101 cm³/mol. The highest BCUT2D eigenvalue weighted by molar-refractivity contribution is 6.33. The summed E-state index contributed by atoms with van der Waals surface area (Å²) < 4.78 is 0. The first-order valence-corrected chi connectivity index (χ1v) is 8.13. The molecule has 0 aliphatic rings. The molecule has 2 aromatic carbocycles. The van der Waals surface area contributed by atoms with Crippen LogP contribution in [0.2, 0.25) is 5.02 Å². The van der Waals surface area contributed by atoms with E-state index in [0.717, 1.165) is 11.3 Å². The molecule has 3 aromatic rings. The maximum absolute atomic E-state index is 12.3. The number of nitrogens with one attached hydrogen (secondary N) is 2. The van der Waals surface area contributed by atoms with E-state index >= 15 is 0 Å². The summed E-state index contributed by atoms with van der Waals surface area (Å²) in [4.78, 5) is 20.7. The van der Waals surface area contributed by atoms with Gasteiger partial charge in [0.15, 0.2) is 0 Å². The minimum Gasteiger partial charge on any atom is -0.324 e. The monoisotopic (exact) mass is 352 g/mol. The van der Waals surface area contributed by atoms with Gasteiger partial charge in [0.1, 0.15) is 0 Å². The lowest BCUT2D eigenvalue weighted by atomic mass is 10.1. The zero-order valence-corrected chi connectivity index (χ0v) is 14.6. The van der Waals surface area contributed by atoms with Gasteiger partial charge in [0, 0.05) is 18.1 Å². The molecular formula is C19H17ClN4O. The van der Waals surface area contributed by atoms with Gasteiger partial charge in [0.25, 0.3) is 5.91 Å². The highest BCUT2D eigenvalue weighted by Gasteiger charge is 2.10. The van der Waals surface area contributed by atoms with Crippen LogP contribution in [0.1, 0.15) is 21.5 Å². The van der Waals surface area contributed by atoms with E-state index in [4.69, 9.17) is 11.6 Å². The molecule has 0 aliphatic heterocycles. The lowest BCUT2D eigenvalue weighted by Gasteiger charge is -2.10. The number of anilines is 3. The average Bonchev–Trinajstić information content (AvgIpc) is 2.61. The summed E-state index contributed by atoms with van der Waals surface area (Å²) in [6, 6.07) is 13.0. The summed E-state index contributed by atoms with van der Waals surface area (Å²) in [7, 11) is 0. The second-order valence-electron chi connectivity index (χ2n) is 5.60. The third kappa shape index (κ3) is 3.95. The van der Waals surface area contributed by atoms with Crippen LogP contribution in [0.4, 0.5) is 17.3 Å². The van der Waals surface area contributed by atoms with Crippen molar-refractivity contribution in [2.24, 2.45) is 0 Å². The Morgan fingerprint density at radius 2 is 1.64 bits per heavy atom. The molecule has 3 rings (SSSR count). The summed E-state index contributed by atoms with van der Waals surface area (Å²) in [6.07, 6.45) is 2.96. The average molecular weight is 353 g/mol. The zero-order valence-electron chi connectivity index (χ0n) is 13.9. The van der Waals surface area contributed by atoms with Crippen LogP contribution in [0.5, 0.6) is 0 Å². The number of carbonyl (C=O) groups excluding carboxylic acids is 1. The molecule has 0 bridgehead atoms. The molecule has 0 spiro atoms. The Bertz CT molecular complexity index is 910. The first-order chi connectivity index (χ1) is 12.0. The van der Waals surface area contributed by atoms with Crippen molar-refractivity contribution < 1.29 is 4.79 Å². The Kier molecular flexibility index (Phi) is 4.95. The number of carbonyl (C=O) groups is 1.